The van der Waals surface area contributed by atoms with E-state index in [9.17, 15) is 28.7 Å². The van der Waals surface area contributed by atoms with Gasteiger partial charge in [-0.15, -0.1) is 6.42 Å². The fourth-order valence-electron chi connectivity index (χ4n) is 12.4. The molecular formula is C58H63F2N9O7. The Morgan fingerprint density at radius 1 is 1.00 bits per heavy atom. The van der Waals surface area contributed by atoms with E-state index in [1.807, 2.05) is 12.1 Å². The normalized spacial score (nSPS) is 22.9. The van der Waals surface area contributed by atoms with Crippen molar-refractivity contribution in [3.63, 3.8) is 0 Å². The molecule has 18 heteroatoms. The van der Waals surface area contributed by atoms with Gasteiger partial charge in [-0.05, 0) is 93.0 Å². The molecule has 6 aliphatic rings. The lowest BCUT2D eigenvalue weighted by Crippen LogP contribution is -2.51. The molecule has 3 N–H and O–H groups in total. The maximum atomic E-state index is 16.9. The van der Waals surface area contributed by atoms with Gasteiger partial charge in [-0.3, -0.25) is 34.0 Å². The molecule has 8 heterocycles. The number of hydrogen-bond acceptors (Lipinski definition) is 13. The number of phenolic OH excluding ortho intramolecular Hbond substituents is 1. The van der Waals surface area contributed by atoms with Crippen molar-refractivity contribution in [1.29, 1.82) is 0 Å². The zero-order valence-electron chi connectivity index (χ0n) is 43.0. The van der Waals surface area contributed by atoms with Crippen LogP contribution >= 0.6 is 0 Å². The van der Waals surface area contributed by atoms with Crippen LogP contribution in [0.25, 0.3) is 32.9 Å². The Kier molecular flexibility index (Phi) is 14.9. The molecule has 0 saturated carbocycles. The highest BCUT2D eigenvalue weighted by atomic mass is 19.1. The highest BCUT2D eigenvalue weighted by molar-refractivity contribution is 6.22. The summed E-state index contributed by atoms with van der Waals surface area (Å²) in [6.45, 7) is 12.0. The predicted octanol–water partition coefficient (Wildman–Crippen LogP) is 7.21. The van der Waals surface area contributed by atoms with Crippen LogP contribution in [0.2, 0.25) is 0 Å². The number of phenols is 1. The summed E-state index contributed by atoms with van der Waals surface area (Å²) in [5.74, 6) is 0.726. The minimum Gasteiger partial charge on any atom is -0.508 e. The van der Waals surface area contributed by atoms with E-state index < -0.39 is 17.7 Å². The number of anilines is 1. The number of amides is 4. The van der Waals surface area contributed by atoms with Crippen molar-refractivity contribution in [3.8, 4) is 35.4 Å². The topological polar surface area (TPSA) is 183 Å². The molecule has 2 bridgehead atoms. The van der Waals surface area contributed by atoms with Crippen LogP contribution < -0.4 is 20.3 Å². The van der Waals surface area contributed by atoms with E-state index in [0.717, 1.165) is 94.8 Å². The second-order valence-corrected chi connectivity index (χ2v) is 21.1. The highest BCUT2D eigenvalue weighted by Crippen LogP contribution is 2.45. The van der Waals surface area contributed by atoms with Crippen LogP contribution in [0.4, 0.5) is 14.6 Å². The molecule has 2 aromatic heterocycles. The van der Waals surface area contributed by atoms with Gasteiger partial charge in [0.05, 0.1) is 40.3 Å². The molecule has 5 saturated heterocycles. The van der Waals surface area contributed by atoms with E-state index in [0.29, 0.717) is 78.2 Å². The molecule has 5 fully saturated rings. The fraction of sp³-hybridized carbons (Fsp3) is 0.431. The molecule has 0 spiro atoms. The van der Waals surface area contributed by atoms with E-state index >= 15 is 4.39 Å². The van der Waals surface area contributed by atoms with E-state index in [1.54, 1.807) is 31.3 Å². The number of hydrogen-bond donors (Lipinski definition) is 3. The molecule has 16 nitrogen and oxygen atoms in total. The summed E-state index contributed by atoms with van der Waals surface area (Å²) < 4.78 is 43.7. The number of halogens is 2. The Hall–Kier alpha value is -7.33. The standard InChI is InChI=1S/C36H36F2N6O3.C22H27N3O4/c1-4-26-29(37)8-5-21-11-25(45)12-27(30(21)26)32-31(38)33-28(14-39-32)34(43-16-22-6-7-23(17-43)40-22)42-35(41-33)47-19-36-10-9-24(18-46-3)44(36)15-20(2)13-36;1-15-18(11-12-19(27)23-15)25-21(28)17-10-7-9-16(20(17)22(25)29)8-5-3-4-6-13-24(2)14-26/h1,5,8,11-12,14,22-24,40,45H,2,6-7,9-10,13,15-19H2,3H3;7,9-10,14,18H,1,3-6,8,11-13H2,2H3,(H,23,27). The van der Waals surface area contributed by atoms with E-state index in [4.69, 9.17) is 20.9 Å². The summed E-state index contributed by atoms with van der Waals surface area (Å²) >= 11 is 0. The molecular weight excluding hydrogens is 973 g/mol. The molecule has 5 unspecified atom stereocenters. The molecule has 5 aromatic rings. The predicted molar refractivity (Wildman–Crippen MR) is 284 cm³/mol. The minimum atomic E-state index is -0.733. The van der Waals surface area contributed by atoms with Crippen LogP contribution in [0.3, 0.4) is 0 Å². The molecule has 11 rings (SSSR count). The number of benzene rings is 3. The van der Waals surface area contributed by atoms with Crippen LogP contribution in [-0.2, 0) is 20.7 Å². The lowest BCUT2D eigenvalue weighted by molar-refractivity contribution is -0.121. The first-order chi connectivity index (χ1) is 36.7. The van der Waals surface area contributed by atoms with Crippen molar-refractivity contribution in [1.82, 2.24) is 40.3 Å². The summed E-state index contributed by atoms with van der Waals surface area (Å²) in [5.41, 5.74) is 3.16. The van der Waals surface area contributed by atoms with Crippen molar-refractivity contribution >= 4 is 51.6 Å². The Balaban J connectivity index is 0.000000195. The molecule has 0 aliphatic carbocycles. The number of piperazine rings is 1. The lowest BCUT2D eigenvalue weighted by Gasteiger charge is -2.35. The van der Waals surface area contributed by atoms with Crippen LogP contribution in [-0.4, -0.2) is 142 Å². The van der Waals surface area contributed by atoms with Crippen molar-refractivity contribution in [2.24, 2.45) is 0 Å². The first-order valence-corrected chi connectivity index (χ1v) is 26.2. The van der Waals surface area contributed by atoms with Crippen LogP contribution in [0.1, 0.15) is 102 Å². The summed E-state index contributed by atoms with van der Waals surface area (Å²) in [4.78, 5) is 69.7. The smallest absolute Gasteiger partial charge is 0.319 e. The van der Waals surface area contributed by atoms with Crippen LogP contribution in [0.15, 0.2) is 73.1 Å². The maximum absolute atomic E-state index is 16.9. The molecule has 0 radical (unpaired) electrons. The van der Waals surface area contributed by atoms with Gasteiger partial charge in [-0.2, -0.15) is 9.97 Å². The van der Waals surface area contributed by atoms with Crippen molar-refractivity contribution < 1.29 is 42.5 Å². The second kappa shape index (κ2) is 21.7. The number of ether oxygens (including phenoxy) is 2. The average Bonchev–Trinajstić information content (AvgIpc) is 4.12. The van der Waals surface area contributed by atoms with Gasteiger partial charge in [0.25, 0.3) is 11.8 Å². The minimum absolute atomic E-state index is 0.0323. The third-order valence-electron chi connectivity index (χ3n) is 16.0. The number of pyridine rings is 1. The zero-order valence-corrected chi connectivity index (χ0v) is 43.0. The number of piperidine rings is 1. The monoisotopic (exact) mass is 1040 g/mol. The Morgan fingerprint density at radius 2 is 1.79 bits per heavy atom. The van der Waals surface area contributed by atoms with E-state index in [1.165, 1.54) is 29.2 Å². The number of aryl methyl sites for hydroxylation is 1. The second-order valence-electron chi connectivity index (χ2n) is 21.1. The Morgan fingerprint density at radius 3 is 2.54 bits per heavy atom. The summed E-state index contributed by atoms with van der Waals surface area (Å²) in [7, 11) is 3.48. The SMILES string of the molecule is C#Cc1c(F)ccc2cc(O)cc(-c3ncc4c(N5CC6CCC(C5)N6)nc(OCC56CCC(COC)N5CC(=C)C6)nc4c3F)c12.C=C1NC(=O)CCC1N1C(=O)c2cccc(CCCCCCN(C)C=O)c2C1=O. The van der Waals surface area contributed by atoms with E-state index in [2.05, 4.69) is 49.5 Å². The van der Waals surface area contributed by atoms with Gasteiger partial charge in [0, 0.05) is 87.7 Å². The molecule has 3 aromatic carbocycles. The molecule has 76 heavy (non-hydrogen) atoms. The fourth-order valence-corrected chi connectivity index (χ4v) is 12.4. The number of carbonyl (C=O) groups is 4. The highest BCUT2D eigenvalue weighted by Gasteiger charge is 2.51. The molecule has 6 aliphatic heterocycles. The number of rotatable bonds is 16. The van der Waals surface area contributed by atoms with Gasteiger partial charge in [0.15, 0.2) is 5.82 Å². The van der Waals surface area contributed by atoms with Crippen molar-refractivity contribution in [2.75, 3.05) is 58.5 Å². The van der Waals surface area contributed by atoms with Gasteiger partial charge in [-0.25, -0.2) is 8.78 Å². The number of methoxy groups -OCH3 is 1. The van der Waals surface area contributed by atoms with Gasteiger partial charge in [0.1, 0.15) is 35.2 Å². The van der Waals surface area contributed by atoms with Crippen molar-refractivity contribution in [2.45, 2.75) is 107 Å². The number of nitrogens with one attached hydrogen (secondary N) is 2. The number of fused-ring (bicyclic) bond motifs is 6. The summed E-state index contributed by atoms with van der Waals surface area (Å²) in [6.07, 6.45) is 18.2. The lowest BCUT2D eigenvalue weighted by atomic mass is 9.94. The third-order valence-corrected chi connectivity index (χ3v) is 16.0. The van der Waals surface area contributed by atoms with E-state index in [-0.39, 0.29) is 75.2 Å². The number of nitrogens with zero attached hydrogens (tertiary/aromatic N) is 7. The van der Waals surface area contributed by atoms with Crippen molar-refractivity contribution in [3.05, 3.63) is 107 Å². The Labute approximate surface area is 440 Å². The largest absolute Gasteiger partial charge is 0.508 e. The van der Waals surface area contributed by atoms with Crippen LogP contribution in [0, 0.1) is 24.0 Å². The van der Waals surface area contributed by atoms with Gasteiger partial charge < -0.3 is 35.0 Å². The number of carbonyl (C=O) groups excluding carboxylic acids is 4. The molecule has 4 amide bonds. The molecule has 5 atom stereocenters. The first kappa shape index (κ1) is 52.1. The summed E-state index contributed by atoms with van der Waals surface area (Å²) in [6, 6.07) is 11.4. The number of aromatic hydroxyl groups is 1. The molecule has 396 valence electrons. The summed E-state index contributed by atoms with van der Waals surface area (Å²) in [5, 5.41) is 18.1. The van der Waals surface area contributed by atoms with Gasteiger partial charge in [-0.1, -0.05) is 55.7 Å². The zero-order chi connectivity index (χ0) is 53.4. The number of aromatic nitrogens is 3. The number of unbranched alkanes of at least 4 members (excludes halogenated alkanes) is 3. The maximum Gasteiger partial charge on any atom is 0.319 e. The van der Waals surface area contributed by atoms with Gasteiger partial charge in [0.2, 0.25) is 12.3 Å². The third kappa shape index (κ3) is 9.99. The quantitative estimate of drug-likeness (QED) is 0.0297. The average molecular weight is 1040 g/mol. The number of terminal acetylenes is 1. The van der Waals surface area contributed by atoms with Gasteiger partial charge >= 0.3 is 6.01 Å². The number of imide groups is 1. The first-order valence-electron chi connectivity index (χ1n) is 26.2. The Bertz CT molecular complexity index is 3210. The van der Waals surface area contributed by atoms with Crippen LogP contribution in [0.5, 0.6) is 11.8 Å².